The lowest BCUT2D eigenvalue weighted by Crippen LogP contribution is -2.30. The third-order valence-electron chi connectivity index (χ3n) is 6.87. The van der Waals surface area contributed by atoms with Crippen LogP contribution in [0.4, 0.5) is 13.2 Å². The van der Waals surface area contributed by atoms with Crippen LogP contribution in [0.3, 0.4) is 0 Å². The van der Waals surface area contributed by atoms with Crippen LogP contribution < -0.4 is 4.74 Å². The number of alkyl halides is 3. The van der Waals surface area contributed by atoms with Crippen molar-refractivity contribution in [3.63, 3.8) is 0 Å². The van der Waals surface area contributed by atoms with E-state index < -0.39 is 12.3 Å². The maximum absolute atomic E-state index is 12.6. The molecule has 1 aliphatic carbocycles. The smallest absolute Gasteiger partial charge is 0.465 e. The van der Waals surface area contributed by atoms with Crippen molar-refractivity contribution in [3.8, 4) is 5.75 Å². The molecule has 0 bridgehead atoms. The molecular formula is C27H31F3N2O3. The molecule has 4 rings (SSSR count). The Labute approximate surface area is 203 Å². The van der Waals surface area contributed by atoms with Crippen LogP contribution in [0, 0.1) is 11.3 Å². The number of rotatable bonds is 5. The van der Waals surface area contributed by atoms with Crippen molar-refractivity contribution in [2.45, 2.75) is 65.3 Å². The van der Waals surface area contributed by atoms with Gasteiger partial charge in [-0.1, -0.05) is 39.8 Å². The first-order chi connectivity index (χ1) is 16.4. The maximum atomic E-state index is 12.6. The lowest BCUT2D eigenvalue weighted by Gasteiger charge is -2.40. The van der Waals surface area contributed by atoms with Gasteiger partial charge < -0.3 is 14.0 Å². The third-order valence-corrected chi connectivity index (χ3v) is 6.87. The Morgan fingerprint density at radius 1 is 1.14 bits per heavy atom. The summed E-state index contributed by atoms with van der Waals surface area (Å²) in [6, 6.07) is 11.6. The van der Waals surface area contributed by atoms with E-state index in [1.54, 1.807) is 24.3 Å². The second-order valence-corrected chi connectivity index (χ2v) is 10.4. The van der Waals surface area contributed by atoms with Crippen molar-refractivity contribution in [2.24, 2.45) is 11.3 Å². The number of imidazole rings is 1. The van der Waals surface area contributed by atoms with Crippen molar-refractivity contribution in [1.29, 1.82) is 0 Å². The monoisotopic (exact) mass is 488 g/mol. The van der Waals surface area contributed by atoms with Gasteiger partial charge in [0.05, 0.1) is 23.7 Å². The zero-order valence-electron chi connectivity index (χ0n) is 20.6. The molecule has 1 fully saturated rings. The Morgan fingerprint density at radius 2 is 1.83 bits per heavy atom. The summed E-state index contributed by atoms with van der Waals surface area (Å²) in [5, 5.41) is 0. The number of benzene rings is 2. The number of methoxy groups -OCH3 is 1. The Bertz CT molecular complexity index is 1210. The molecule has 0 spiro atoms. The van der Waals surface area contributed by atoms with E-state index in [2.05, 4.69) is 30.1 Å². The van der Waals surface area contributed by atoms with Crippen LogP contribution in [0.2, 0.25) is 0 Å². The van der Waals surface area contributed by atoms with Gasteiger partial charge in [0.25, 0.3) is 0 Å². The number of aromatic nitrogens is 2. The van der Waals surface area contributed by atoms with Gasteiger partial charge in [-0.05, 0) is 66.5 Å². The highest BCUT2D eigenvalue weighted by molar-refractivity contribution is 5.93. The summed E-state index contributed by atoms with van der Waals surface area (Å²) in [5.74, 6) is 0.486. The highest BCUT2D eigenvalue weighted by atomic mass is 19.4. The third kappa shape index (κ3) is 5.46. The number of nitrogens with zero attached hydrogens (tertiary/aromatic N) is 2. The Kier molecular flexibility index (Phi) is 6.60. The first kappa shape index (κ1) is 25.1. The fraction of sp³-hybridized carbons (Fsp3) is 0.481. The summed E-state index contributed by atoms with van der Waals surface area (Å²) in [5.41, 5.74) is 3.05. The van der Waals surface area contributed by atoms with E-state index in [-0.39, 0.29) is 23.1 Å². The minimum Gasteiger partial charge on any atom is -0.465 e. The first-order valence-electron chi connectivity index (χ1n) is 11.8. The molecule has 0 amide bonds. The molecule has 3 aromatic rings. The lowest BCUT2D eigenvalue weighted by molar-refractivity contribution is -0.274. The van der Waals surface area contributed by atoms with Gasteiger partial charge >= 0.3 is 12.3 Å². The minimum atomic E-state index is -4.73. The van der Waals surface area contributed by atoms with Gasteiger partial charge in [-0.2, -0.15) is 0 Å². The van der Waals surface area contributed by atoms with E-state index in [9.17, 15) is 18.0 Å². The summed E-state index contributed by atoms with van der Waals surface area (Å²) >= 11 is 0. The topological polar surface area (TPSA) is 53.4 Å². The Balaban J connectivity index is 1.79. The van der Waals surface area contributed by atoms with E-state index in [1.807, 2.05) is 13.0 Å². The highest BCUT2D eigenvalue weighted by Crippen LogP contribution is 2.46. The predicted molar refractivity (Wildman–Crippen MR) is 128 cm³/mol. The highest BCUT2D eigenvalue weighted by Gasteiger charge is 2.35. The first-order valence-corrected chi connectivity index (χ1v) is 11.8. The molecule has 35 heavy (non-hydrogen) atoms. The average molecular weight is 489 g/mol. The summed E-state index contributed by atoms with van der Waals surface area (Å²) in [7, 11) is 1.34. The average Bonchev–Trinajstić information content (AvgIpc) is 3.15. The molecule has 1 unspecified atom stereocenters. The number of hydrogen-bond donors (Lipinski definition) is 0. The molecule has 8 heteroatoms. The molecule has 2 aromatic carbocycles. The number of fused-ring (bicyclic) bond motifs is 1. The maximum Gasteiger partial charge on any atom is 0.573 e. The molecule has 3 atom stereocenters. The molecule has 1 aromatic heterocycles. The fourth-order valence-electron chi connectivity index (χ4n) is 5.65. The number of carbonyl (C=O) groups is 1. The predicted octanol–water partition coefficient (Wildman–Crippen LogP) is 7.26. The standard InChI is InChI=1S/C27H31F3N2O3/c1-16-12-20(15-26(3,4)14-16)32-23-11-8-19(25(33)34-5)13-22(23)31-24(32)17(2)18-6-9-21(10-7-18)35-27(28,29)30/h6-11,13,16-17,20H,12,14-15H2,1-5H3/t16-,17?,20+/m0/s1. The van der Waals surface area contributed by atoms with E-state index in [4.69, 9.17) is 9.72 Å². The molecule has 0 aliphatic heterocycles. The largest absolute Gasteiger partial charge is 0.573 e. The molecular weight excluding hydrogens is 457 g/mol. The number of esters is 1. The zero-order chi connectivity index (χ0) is 25.5. The van der Waals surface area contributed by atoms with Crippen molar-refractivity contribution >= 4 is 17.0 Å². The molecule has 1 aliphatic rings. The molecule has 188 valence electrons. The molecule has 0 saturated heterocycles. The van der Waals surface area contributed by atoms with Gasteiger partial charge in [0.15, 0.2) is 0 Å². The molecule has 1 heterocycles. The van der Waals surface area contributed by atoms with Crippen molar-refractivity contribution in [3.05, 3.63) is 59.4 Å². The summed E-state index contributed by atoms with van der Waals surface area (Å²) in [6.07, 6.45) is -1.59. The van der Waals surface area contributed by atoms with Crippen molar-refractivity contribution < 1.29 is 27.4 Å². The summed E-state index contributed by atoms with van der Waals surface area (Å²) < 4.78 is 48.9. The summed E-state index contributed by atoms with van der Waals surface area (Å²) in [6.45, 7) is 8.83. The minimum absolute atomic E-state index is 0.169. The van der Waals surface area contributed by atoms with Gasteiger partial charge in [0.2, 0.25) is 0 Å². The van der Waals surface area contributed by atoms with Crippen molar-refractivity contribution in [1.82, 2.24) is 9.55 Å². The van der Waals surface area contributed by atoms with Crippen LogP contribution in [0.15, 0.2) is 42.5 Å². The van der Waals surface area contributed by atoms with Crippen molar-refractivity contribution in [2.75, 3.05) is 7.11 Å². The number of hydrogen-bond acceptors (Lipinski definition) is 4. The Morgan fingerprint density at radius 3 is 2.43 bits per heavy atom. The van der Waals surface area contributed by atoms with Gasteiger partial charge in [-0.3, -0.25) is 0 Å². The molecule has 0 radical (unpaired) electrons. The lowest BCUT2D eigenvalue weighted by atomic mass is 9.70. The quantitative estimate of drug-likeness (QED) is 0.355. The Hall–Kier alpha value is -3.03. The van der Waals surface area contributed by atoms with Crippen LogP contribution in [0.25, 0.3) is 11.0 Å². The fourth-order valence-corrected chi connectivity index (χ4v) is 5.65. The van der Waals surface area contributed by atoms with Gasteiger partial charge in [0.1, 0.15) is 11.6 Å². The van der Waals surface area contributed by atoms with Gasteiger partial charge in [-0.15, -0.1) is 13.2 Å². The second-order valence-electron chi connectivity index (χ2n) is 10.4. The van der Waals surface area contributed by atoms with Crippen LogP contribution >= 0.6 is 0 Å². The van der Waals surface area contributed by atoms with Crippen LogP contribution in [0.1, 0.15) is 80.7 Å². The van der Waals surface area contributed by atoms with Crippen LogP contribution in [0.5, 0.6) is 5.75 Å². The van der Waals surface area contributed by atoms with E-state index in [1.165, 1.54) is 19.2 Å². The zero-order valence-corrected chi connectivity index (χ0v) is 20.6. The van der Waals surface area contributed by atoms with E-state index in [0.29, 0.717) is 17.0 Å². The van der Waals surface area contributed by atoms with Crippen LogP contribution in [-0.4, -0.2) is 29.0 Å². The van der Waals surface area contributed by atoms with Gasteiger partial charge in [0, 0.05) is 12.0 Å². The normalized spacial score (nSPS) is 21.0. The molecule has 0 N–H and O–H groups in total. The number of halogens is 3. The van der Waals surface area contributed by atoms with E-state index in [0.717, 1.165) is 36.2 Å². The SMILES string of the molecule is COC(=O)c1ccc2c(c1)nc(C(C)c1ccc(OC(F)(F)F)cc1)n2[C@@H]1C[C@H](C)CC(C)(C)C1. The van der Waals surface area contributed by atoms with E-state index >= 15 is 0 Å². The number of ether oxygens (including phenoxy) is 2. The van der Waals surface area contributed by atoms with Crippen LogP contribution in [-0.2, 0) is 4.74 Å². The second kappa shape index (κ2) is 9.21. The van der Waals surface area contributed by atoms with Gasteiger partial charge in [-0.25, -0.2) is 9.78 Å². The molecule has 1 saturated carbocycles. The molecule has 5 nitrogen and oxygen atoms in total. The summed E-state index contributed by atoms with van der Waals surface area (Å²) in [4.78, 5) is 17.1. The number of carbonyl (C=O) groups excluding carboxylic acids is 1.